The van der Waals surface area contributed by atoms with Crippen LogP contribution in [0, 0.1) is 19.8 Å². The van der Waals surface area contributed by atoms with Crippen LogP contribution in [0.4, 0.5) is 0 Å². The molecule has 134 valence electrons. The maximum absolute atomic E-state index is 12.5. The summed E-state index contributed by atoms with van der Waals surface area (Å²) in [6, 6.07) is 8.57. The lowest BCUT2D eigenvalue weighted by atomic mass is 9.90. The summed E-state index contributed by atoms with van der Waals surface area (Å²) in [6.07, 6.45) is 4.54. The summed E-state index contributed by atoms with van der Waals surface area (Å²) in [7, 11) is 0. The van der Waals surface area contributed by atoms with Crippen LogP contribution in [0.2, 0.25) is 0 Å². The summed E-state index contributed by atoms with van der Waals surface area (Å²) in [5, 5.41) is 8.18. The molecule has 1 amide bonds. The van der Waals surface area contributed by atoms with Crippen LogP contribution in [0.3, 0.4) is 0 Å². The van der Waals surface area contributed by atoms with E-state index in [-0.39, 0.29) is 5.91 Å². The maximum Gasteiger partial charge on any atom is 0.277 e. The Morgan fingerprint density at radius 3 is 2.92 bits per heavy atom. The number of aryl methyl sites for hydroxylation is 3. The molecule has 6 heteroatoms. The second-order valence-electron chi connectivity index (χ2n) is 6.69. The van der Waals surface area contributed by atoms with Crippen molar-refractivity contribution in [3.63, 3.8) is 0 Å². The molecule has 1 atom stereocenters. The van der Waals surface area contributed by atoms with E-state index in [1.54, 1.807) is 6.92 Å². The highest BCUT2D eigenvalue weighted by Crippen LogP contribution is 2.24. The Hall–Kier alpha value is -1.82. The van der Waals surface area contributed by atoms with Crippen molar-refractivity contribution in [2.75, 3.05) is 18.8 Å². The molecule has 1 aromatic heterocycles. The first-order valence-corrected chi connectivity index (χ1v) is 9.85. The van der Waals surface area contributed by atoms with Gasteiger partial charge in [-0.25, -0.2) is 0 Å². The molecule has 0 bridgehead atoms. The van der Waals surface area contributed by atoms with Crippen molar-refractivity contribution in [3.8, 4) is 0 Å². The van der Waals surface area contributed by atoms with Crippen molar-refractivity contribution in [3.05, 3.63) is 41.3 Å². The molecule has 1 aliphatic heterocycles. The van der Waals surface area contributed by atoms with E-state index < -0.39 is 0 Å². The van der Waals surface area contributed by atoms with E-state index in [4.69, 9.17) is 4.42 Å². The Bertz CT molecular complexity index is 716. The van der Waals surface area contributed by atoms with Gasteiger partial charge in [0, 0.05) is 20.0 Å². The summed E-state index contributed by atoms with van der Waals surface area (Å²) < 4.78 is 5.31. The summed E-state index contributed by atoms with van der Waals surface area (Å²) in [6.45, 7) is 5.66. The number of hydrogen-bond acceptors (Lipinski definition) is 5. The molecule has 25 heavy (non-hydrogen) atoms. The van der Waals surface area contributed by atoms with Crippen LogP contribution in [-0.2, 0) is 11.2 Å². The number of piperidine rings is 1. The molecule has 0 saturated carbocycles. The highest BCUT2D eigenvalue weighted by Gasteiger charge is 2.24. The van der Waals surface area contributed by atoms with E-state index in [1.807, 2.05) is 4.90 Å². The van der Waals surface area contributed by atoms with Crippen molar-refractivity contribution in [2.45, 2.75) is 44.8 Å². The first-order chi connectivity index (χ1) is 12.1. The molecule has 2 aromatic rings. The van der Waals surface area contributed by atoms with Crippen molar-refractivity contribution in [1.29, 1.82) is 0 Å². The van der Waals surface area contributed by atoms with Gasteiger partial charge in [-0.2, -0.15) is 0 Å². The minimum atomic E-state index is 0.168. The molecule has 5 nitrogen and oxygen atoms in total. The van der Waals surface area contributed by atoms with Gasteiger partial charge >= 0.3 is 0 Å². The summed E-state index contributed by atoms with van der Waals surface area (Å²) in [4.78, 5) is 14.5. The third kappa shape index (κ3) is 5.08. The number of benzene rings is 1. The van der Waals surface area contributed by atoms with Gasteiger partial charge < -0.3 is 9.32 Å². The zero-order chi connectivity index (χ0) is 17.6. The van der Waals surface area contributed by atoms with E-state index in [2.05, 4.69) is 41.4 Å². The maximum atomic E-state index is 12.5. The molecular weight excluding hydrogens is 334 g/mol. The van der Waals surface area contributed by atoms with E-state index in [1.165, 1.54) is 29.3 Å². The molecule has 2 heterocycles. The number of carbonyl (C=O) groups excluding carboxylic acids is 1. The number of carbonyl (C=O) groups is 1. The van der Waals surface area contributed by atoms with Crippen LogP contribution in [0.25, 0.3) is 0 Å². The van der Waals surface area contributed by atoms with Gasteiger partial charge in [0.15, 0.2) is 0 Å². The SMILES string of the molecule is Cc1nnc(SCC(=O)N2CCC[C@H](CCc3ccccc3C)C2)o1. The second-order valence-corrected chi connectivity index (χ2v) is 7.62. The molecule has 0 N–H and O–H groups in total. The Kier molecular flexibility index (Phi) is 6.13. The van der Waals surface area contributed by atoms with Gasteiger partial charge in [0.2, 0.25) is 11.8 Å². The van der Waals surface area contributed by atoms with Crippen LogP contribution >= 0.6 is 11.8 Å². The Balaban J connectivity index is 1.47. The first-order valence-electron chi connectivity index (χ1n) is 8.87. The van der Waals surface area contributed by atoms with Crippen LogP contribution in [0.1, 0.15) is 36.3 Å². The second kappa shape index (κ2) is 8.52. The van der Waals surface area contributed by atoms with Crippen molar-refractivity contribution >= 4 is 17.7 Å². The van der Waals surface area contributed by atoms with Gasteiger partial charge in [-0.3, -0.25) is 4.79 Å². The highest BCUT2D eigenvalue weighted by atomic mass is 32.2. The molecule has 0 aliphatic carbocycles. The molecule has 1 saturated heterocycles. The van der Waals surface area contributed by atoms with Crippen LogP contribution in [-0.4, -0.2) is 39.8 Å². The lowest BCUT2D eigenvalue weighted by Gasteiger charge is -2.33. The van der Waals surface area contributed by atoms with Crippen molar-refractivity contribution in [1.82, 2.24) is 15.1 Å². The quantitative estimate of drug-likeness (QED) is 0.737. The molecule has 0 radical (unpaired) electrons. The zero-order valence-corrected chi connectivity index (χ0v) is 15.7. The minimum absolute atomic E-state index is 0.168. The van der Waals surface area contributed by atoms with Gasteiger partial charge in [0.1, 0.15) is 0 Å². The molecule has 0 spiro atoms. The average Bonchev–Trinajstić information content (AvgIpc) is 3.04. The molecule has 1 fully saturated rings. The number of thioether (sulfide) groups is 1. The molecule has 3 rings (SSSR count). The van der Waals surface area contributed by atoms with Crippen molar-refractivity contribution in [2.24, 2.45) is 5.92 Å². The smallest absolute Gasteiger partial charge is 0.277 e. The predicted molar refractivity (Wildman–Crippen MR) is 98.6 cm³/mol. The van der Waals surface area contributed by atoms with E-state index in [0.29, 0.717) is 22.8 Å². The third-order valence-electron chi connectivity index (χ3n) is 4.78. The summed E-state index contributed by atoms with van der Waals surface area (Å²) in [5.41, 5.74) is 2.78. The normalized spacial score (nSPS) is 17.7. The largest absolute Gasteiger partial charge is 0.416 e. The fraction of sp³-hybridized carbons (Fsp3) is 0.526. The van der Waals surface area contributed by atoms with Crippen LogP contribution in [0.5, 0.6) is 0 Å². The zero-order valence-electron chi connectivity index (χ0n) is 14.9. The summed E-state index contributed by atoms with van der Waals surface area (Å²) >= 11 is 1.32. The first kappa shape index (κ1) is 18.0. The standard InChI is InChI=1S/C19H25N3O2S/c1-14-6-3-4-8-17(14)10-9-16-7-5-11-22(12-16)18(23)13-25-19-21-20-15(2)24-19/h3-4,6,8,16H,5,7,9-13H2,1-2H3/t16-/m1/s1. The molecule has 0 unspecified atom stereocenters. The minimum Gasteiger partial charge on any atom is -0.416 e. The predicted octanol–water partition coefficient (Wildman–Crippen LogP) is 3.65. The molecular formula is C19H25N3O2S. The summed E-state index contributed by atoms with van der Waals surface area (Å²) in [5.74, 6) is 1.66. The van der Waals surface area contributed by atoms with Gasteiger partial charge in [0.25, 0.3) is 5.22 Å². The monoisotopic (exact) mass is 359 g/mol. The Morgan fingerprint density at radius 2 is 2.16 bits per heavy atom. The fourth-order valence-corrected chi connectivity index (χ4v) is 4.04. The van der Waals surface area contributed by atoms with Gasteiger partial charge in [0.05, 0.1) is 5.75 Å². The van der Waals surface area contributed by atoms with Gasteiger partial charge in [-0.1, -0.05) is 36.0 Å². The lowest BCUT2D eigenvalue weighted by Crippen LogP contribution is -2.41. The number of hydrogen-bond donors (Lipinski definition) is 0. The Labute approximate surface area is 153 Å². The number of nitrogens with zero attached hydrogens (tertiary/aromatic N) is 3. The fourth-order valence-electron chi connectivity index (χ4n) is 3.33. The average molecular weight is 359 g/mol. The van der Waals surface area contributed by atoms with E-state index in [0.717, 1.165) is 32.4 Å². The van der Waals surface area contributed by atoms with Crippen LogP contribution in [0.15, 0.2) is 33.9 Å². The highest BCUT2D eigenvalue weighted by molar-refractivity contribution is 7.99. The number of amides is 1. The molecule has 1 aromatic carbocycles. The topological polar surface area (TPSA) is 59.2 Å². The third-order valence-corrected chi connectivity index (χ3v) is 5.58. The lowest BCUT2D eigenvalue weighted by molar-refractivity contribution is -0.130. The van der Waals surface area contributed by atoms with Crippen LogP contribution < -0.4 is 0 Å². The molecule has 1 aliphatic rings. The van der Waals surface area contributed by atoms with E-state index in [9.17, 15) is 4.79 Å². The van der Waals surface area contributed by atoms with Crippen molar-refractivity contribution < 1.29 is 9.21 Å². The number of rotatable bonds is 6. The Morgan fingerprint density at radius 1 is 1.32 bits per heavy atom. The number of likely N-dealkylation sites (tertiary alicyclic amines) is 1. The van der Waals surface area contributed by atoms with Gasteiger partial charge in [-0.05, 0) is 49.7 Å². The van der Waals surface area contributed by atoms with Gasteiger partial charge in [-0.15, -0.1) is 10.2 Å². The van der Waals surface area contributed by atoms with E-state index >= 15 is 0 Å². The number of aromatic nitrogens is 2.